The Kier molecular flexibility index (Phi) is 5.05. The predicted octanol–water partition coefficient (Wildman–Crippen LogP) is 4.87. The van der Waals surface area contributed by atoms with Crippen LogP contribution in [0, 0.1) is 5.41 Å². The summed E-state index contributed by atoms with van der Waals surface area (Å²) >= 11 is 0. The van der Waals surface area contributed by atoms with E-state index in [2.05, 4.69) is 19.9 Å². The topological polar surface area (TPSA) is 70.8 Å². The predicted molar refractivity (Wildman–Crippen MR) is 105 cm³/mol. The second kappa shape index (κ2) is 7.14. The molecule has 2 aromatic carbocycles. The SMILES string of the molecule is COc1cc(-c2ccc3c(c2)CC(C)(C)[C@H]3OC(N)=O)ccc1OC(C)C. The molecule has 0 saturated carbocycles. The number of fused-ring (bicyclic) bond motifs is 1. The maximum Gasteiger partial charge on any atom is 0.405 e. The molecule has 0 aliphatic heterocycles. The molecule has 3 rings (SSSR count). The monoisotopic (exact) mass is 369 g/mol. The maximum absolute atomic E-state index is 11.3. The minimum Gasteiger partial charge on any atom is -0.493 e. The van der Waals surface area contributed by atoms with Gasteiger partial charge in [0.05, 0.1) is 13.2 Å². The minimum atomic E-state index is -0.740. The molecule has 2 N–H and O–H groups in total. The molecule has 0 spiro atoms. The molecule has 27 heavy (non-hydrogen) atoms. The van der Waals surface area contributed by atoms with Crippen LogP contribution in [0.1, 0.15) is 44.9 Å². The molecule has 5 nitrogen and oxygen atoms in total. The van der Waals surface area contributed by atoms with E-state index in [1.807, 2.05) is 44.2 Å². The highest BCUT2D eigenvalue weighted by atomic mass is 16.6. The number of ether oxygens (including phenoxy) is 3. The van der Waals surface area contributed by atoms with Crippen LogP contribution in [0.2, 0.25) is 0 Å². The molecule has 1 aliphatic rings. The van der Waals surface area contributed by atoms with E-state index in [1.165, 1.54) is 5.56 Å². The van der Waals surface area contributed by atoms with Gasteiger partial charge in [0.2, 0.25) is 0 Å². The van der Waals surface area contributed by atoms with Crippen LogP contribution in [-0.2, 0) is 11.2 Å². The van der Waals surface area contributed by atoms with Gasteiger partial charge in [-0.25, -0.2) is 4.79 Å². The molecule has 1 amide bonds. The van der Waals surface area contributed by atoms with Gasteiger partial charge in [-0.15, -0.1) is 0 Å². The normalized spacial score (nSPS) is 17.5. The van der Waals surface area contributed by atoms with Crippen molar-refractivity contribution < 1.29 is 19.0 Å². The third kappa shape index (κ3) is 3.87. The van der Waals surface area contributed by atoms with E-state index in [1.54, 1.807) is 7.11 Å². The minimum absolute atomic E-state index is 0.0779. The molecule has 0 saturated heterocycles. The Hall–Kier alpha value is -2.69. The number of primary amides is 1. The molecule has 1 atom stereocenters. The number of carbonyl (C=O) groups excluding carboxylic acids is 1. The number of benzene rings is 2. The summed E-state index contributed by atoms with van der Waals surface area (Å²) in [5, 5.41) is 0. The molecule has 0 fully saturated rings. The zero-order valence-electron chi connectivity index (χ0n) is 16.5. The lowest BCUT2D eigenvalue weighted by atomic mass is 9.87. The Balaban J connectivity index is 1.96. The lowest BCUT2D eigenvalue weighted by molar-refractivity contribution is 0.0392. The molecule has 0 radical (unpaired) electrons. The lowest BCUT2D eigenvalue weighted by Gasteiger charge is -2.26. The van der Waals surface area contributed by atoms with Crippen LogP contribution < -0.4 is 15.2 Å². The van der Waals surface area contributed by atoms with Crippen LogP contribution in [0.3, 0.4) is 0 Å². The molecule has 144 valence electrons. The van der Waals surface area contributed by atoms with Crippen molar-refractivity contribution in [3.8, 4) is 22.6 Å². The van der Waals surface area contributed by atoms with Crippen molar-refractivity contribution in [2.24, 2.45) is 11.1 Å². The summed E-state index contributed by atoms with van der Waals surface area (Å²) in [5.74, 6) is 1.44. The first-order valence-corrected chi connectivity index (χ1v) is 9.15. The highest BCUT2D eigenvalue weighted by Gasteiger charge is 2.41. The van der Waals surface area contributed by atoms with Gasteiger partial charge in [0, 0.05) is 5.41 Å². The van der Waals surface area contributed by atoms with E-state index in [4.69, 9.17) is 19.9 Å². The maximum atomic E-state index is 11.3. The molecule has 0 unspecified atom stereocenters. The number of nitrogens with two attached hydrogens (primary N) is 1. The summed E-state index contributed by atoms with van der Waals surface area (Å²) in [6, 6.07) is 12.2. The average Bonchev–Trinajstić information content (AvgIpc) is 2.83. The molecular formula is C22H27NO4. The Morgan fingerprint density at radius 3 is 2.41 bits per heavy atom. The molecular weight excluding hydrogens is 342 g/mol. The molecule has 1 aliphatic carbocycles. The quantitative estimate of drug-likeness (QED) is 0.816. The third-order valence-corrected chi connectivity index (χ3v) is 4.87. The molecule has 2 aromatic rings. The number of methoxy groups -OCH3 is 1. The second-order valence-electron chi connectivity index (χ2n) is 7.93. The van der Waals surface area contributed by atoms with Gasteiger partial charge in [-0.2, -0.15) is 0 Å². The van der Waals surface area contributed by atoms with Crippen molar-refractivity contribution in [2.45, 2.75) is 46.3 Å². The Bertz CT molecular complexity index is 857. The number of hydrogen-bond donors (Lipinski definition) is 1. The highest BCUT2D eigenvalue weighted by Crippen LogP contribution is 2.48. The van der Waals surface area contributed by atoms with Crippen molar-refractivity contribution in [3.05, 3.63) is 47.5 Å². The summed E-state index contributed by atoms with van der Waals surface area (Å²) in [7, 11) is 1.64. The number of rotatable bonds is 5. The second-order valence-corrected chi connectivity index (χ2v) is 7.93. The summed E-state index contributed by atoms with van der Waals surface area (Å²) in [5.41, 5.74) is 9.39. The van der Waals surface area contributed by atoms with Gasteiger partial charge in [-0.1, -0.05) is 38.1 Å². The average molecular weight is 369 g/mol. The van der Waals surface area contributed by atoms with E-state index in [0.717, 1.165) is 28.9 Å². The van der Waals surface area contributed by atoms with Crippen LogP contribution in [-0.4, -0.2) is 19.3 Å². The Labute approximate surface area is 160 Å². The number of hydrogen-bond acceptors (Lipinski definition) is 4. The summed E-state index contributed by atoms with van der Waals surface area (Å²) in [6.07, 6.45) is -0.167. The zero-order chi connectivity index (χ0) is 19.8. The lowest BCUT2D eigenvalue weighted by Crippen LogP contribution is -2.25. The van der Waals surface area contributed by atoms with Gasteiger partial charge >= 0.3 is 6.09 Å². The van der Waals surface area contributed by atoms with Crippen LogP contribution in [0.5, 0.6) is 11.5 Å². The van der Waals surface area contributed by atoms with Crippen molar-refractivity contribution in [2.75, 3.05) is 7.11 Å². The van der Waals surface area contributed by atoms with Gasteiger partial charge in [0.15, 0.2) is 11.5 Å². The van der Waals surface area contributed by atoms with Crippen LogP contribution >= 0.6 is 0 Å². The summed E-state index contributed by atoms with van der Waals surface area (Å²) in [6.45, 7) is 8.14. The Morgan fingerprint density at radius 2 is 1.78 bits per heavy atom. The molecule has 0 bridgehead atoms. The number of carbonyl (C=O) groups is 1. The van der Waals surface area contributed by atoms with E-state index in [0.29, 0.717) is 5.75 Å². The van der Waals surface area contributed by atoms with Crippen molar-refractivity contribution >= 4 is 6.09 Å². The Morgan fingerprint density at radius 1 is 1.11 bits per heavy atom. The first kappa shape index (κ1) is 19.1. The first-order valence-electron chi connectivity index (χ1n) is 9.15. The van der Waals surface area contributed by atoms with Gasteiger partial charge in [-0.3, -0.25) is 0 Å². The summed E-state index contributed by atoms with van der Waals surface area (Å²) in [4.78, 5) is 11.3. The van der Waals surface area contributed by atoms with Gasteiger partial charge in [0.25, 0.3) is 0 Å². The van der Waals surface area contributed by atoms with E-state index < -0.39 is 6.09 Å². The van der Waals surface area contributed by atoms with Gasteiger partial charge in [0.1, 0.15) is 6.10 Å². The fourth-order valence-electron chi connectivity index (χ4n) is 3.74. The van der Waals surface area contributed by atoms with E-state index >= 15 is 0 Å². The molecule has 0 aromatic heterocycles. The third-order valence-electron chi connectivity index (χ3n) is 4.87. The van der Waals surface area contributed by atoms with Gasteiger partial charge in [-0.05, 0) is 54.7 Å². The van der Waals surface area contributed by atoms with Crippen LogP contribution in [0.15, 0.2) is 36.4 Å². The highest BCUT2D eigenvalue weighted by molar-refractivity contribution is 5.70. The standard InChI is InChI=1S/C22H27NO4/c1-13(2)26-18-9-7-15(11-19(18)25-5)14-6-8-17-16(10-14)12-22(3,4)20(17)27-21(23)24/h6-11,13,20H,12H2,1-5H3,(H2,23,24)/t20-/m0/s1. The first-order chi connectivity index (χ1) is 12.7. The van der Waals surface area contributed by atoms with Crippen LogP contribution in [0.25, 0.3) is 11.1 Å². The van der Waals surface area contributed by atoms with E-state index in [-0.39, 0.29) is 17.6 Å². The van der Waals surface area contributed by atoms with E-state index in [9.17, 15) is 4.79 Å². The molecule has 0 heterocycles. The van der Waals surface area contributed by atoms with Gasteiger partial charge < -0.3 is 19.9 Å². The zero-order valence-corrected chi connectivity index (χ0v) is 16.5. The van der Waals surface area contributed by atoms with Crippen molar-refractivity contribution in [1.29, 1.82) is 0 Å². The van der Waals surface area contributed by atoms with Crippen molar-refractivity contribution in [3.63, 3.8) is 0 Å². The summed E-state index contributed by atoms with van der Waals surface area (Å²) < 4.78 is 16.7. The fraction of sp³-hybridized carbons (Fsp3) is 0.409. The van der Waals surface area contributed by atoms with Crippen LogP contribution in [0.4, 0.5) is 4.79 Å². The molecule has 5 heteroatoms. The smallest absolute Gasteiger partial charge is 0.405 e. The van der Waals surface area contributed by atoms with Crippen molar-refractivity contribution in [1.82, 2.24) is 0 Å². The fourth-order valence-corrected chi connectivity index (χ4v) is 3.74. The largest absolute Gasteiger partial charge is 0.493 e. The number of amides is 1.